The second kappa shape index (κ2) is 9.25. The van der Waals surface area contributed by atoms with Crippen molar-refractivity contribution in [1.29, 1.82) is 0 Å². The summed E-state index contributed by atoms with van der Waals surface area (Å²) < 4.78 is 11.6. The number of carbonyl (C=O) groups is 2. The molecule has 0 amide bonds. The van der Waals surface area contributed by atoms with E-state index in [1.54, 1.807) is 0 Å². The van der Waals surface area contributed by atoms with Gasteiger partial charge in [-0.15, -0.1) is 0 Å². The quantitative estimate of drug-likeness (QED) is 0.639. The first-order chi connectivity index (χ1) is 14.1. The van der Waals surface area contributed by atoms with E-state index in [0.29, 0.717) is 24.2 Å². The number of carbonyl (C=O) groups excluding carboxylic acids is 2. The first-order valence-electron chi connectivity index (χ1n) is 11.6. The molecule has 5 heteroatoms. The molecule has 3 rings (SSSR count). The molecule has 0 aromatic heterocycles. The monoisotopic (exact) mass is 418 g/mol. The van der Waals surface area contributed by atoms with Gasteiger partial charge in [-0.05, 0) is 62.9 Å². The SMILES string of the molecule is CCC(C)(C)C(=O)O[C@H]1C[C@@H](C)C=C2C=C[C@H](C)[C@H](CCC3C[C@@H](O)CC(=O)O3)[C@H]21. The van der Waals surface area contributed by atoms with E-state index in [1.165, 1.54) is 5.57 Å². The number of aliphatic hydroxyl groups excluding tert-OH is 1. The number of allylic oxidation sites excluding steroid dienone is 3. The average Bonchev–Trinajstić information content (AvgIpc) is 2.66. The van der Waals surface area contributed by atoms with Crippen LogP contribution in [0.2, 0.25) is 0 Å². The van der Waals surface area contributed by atoms with Crippen molar-refractivity contribution in [3.05, 3.63) is 23.8 Å². The van der Waals surface area contributed by atoms with Crippen molar-refractivity contribution < 1.29 is 24.2 Å². The van der Waals surface area contributed by atoms with Gasteiger partial charge in [0.1, 0.15) is 12.2 Å². The van der Waals surface area contributed by atoms with E-state index < -0.39 is 11.5 Å². The molecule has 1 heterocycles. The molecular weight excluding hydrogens is 380 g/mol. The maximum absolute atomic E-state index is 12.9. The van der Waals surface area contributed by atoms with E-state index in [2.05, 4.69) is 32.1 Å². The van der Waals surface area contributed by atoms with Crippen molar-refractivity contribution in [3.8, 4) is 0 Å². The minimum atomic E-state index is -0.601. The minimum Gasteiger partial charge on any atom is -0.462 e. The Kier molecular flexibility index (Phi) is 7.11. The fourth-order valence-electron chi connectivity index (χ4n) is 5.08. The Morgan fingerprint density at radius 2 is 2.00 bits per heavy atom. The number of hydrogen-bond donors (Lipinski definition) is 1. The van der Waals surface area contributed by atoms with Crippen LogP contribution in [0, 0.1) is 29.1 Å². The molecule has 0 radical (unpaired) electrons. The molecule has 1 aliphatic heterocycles. The Balaban J connectivity index is 1.76. The van der Waals surface area contributed by atoms with Gasteiger partial charge < -0.3 is 14.6 Å². The van der Waals surface area contributed by atoms with Gasteiger partial charge in [-0.25, -0.2) is 0 Å². The summed E-state index contributed by atoms with van der Waals surface area (Å²) in [6.07, 6.45) is 9.61. The number of esters is 2. The third-order valence-electron chi connectivity index (χ3n) is 7.35. The third kappa shape index (κ3) is 5.16. The second-order valence-electron chi connectivity index (χ2n) is 10.3. The van der Waals surface area contributed by atoms with Gasteiger partial charge in [0.25, 0.3) is 0 Å². The molecule has 0 bridgehead atoms. The van der Waals surface area contributed by atoms with Gasteiger partial charge in [0.2, 0.25) is 0 Å². The summed E-state index contributed by atoms with van der Waals surface area (Å²) in [5.74, 6) is 0.776. The molecule has 2 aliphatic carbocycles. The molecule has 1 N–H and O–H groups in total. The number of aliphatic hydroxyl groups is 1. The van der Waals surface area contributed by atoms with Crippen LogP contribution < -0.4 is 0 Å². The number of hydrogen-bond acceptors (Lipinski definition) is 5. The van der Waals surface area contributed by atoms with Gasteiger partial charge in [0.15, 0.2) is 0 Å². The zero-order valence-electron chi connectivity index (χ0n) is 19.1. The Labute approximate surface area is 180 Å². The summed E-state index contributed by atoms with van der Waals surface area (Å²) in [4.78, 5) is 24.6. The summed E-state index contributed by atoms with van der Waals surface area (Å²) in [5.41, 5.74) is 0.785. The molecule has 30 heavy (non-hydrogen) atoms. The molecule has 3 aliphatic rings. The molecule has 0 saturated carbocycles. The van der Waals surface area contributed by atoms with Crippen molar-refractivity contribution in [1.82, 2.24) is 0 Å². The van der Waals surface area contributed by atoms with Crippen LogP contribution in [-0.4, -0.2) is 35.4 Å². The lowest BCUT2D eigenvalue weighted by Gasteiger charge is -2.44. The van der Waals surface area contributed by atoms with E-state index in [-0.39, 0.29) is 36.5 Å². The molecule has 0 aromatic rings. The maximum Gasteiger partial charge on any atom is 0.311 e. The van der Waals surface area contributed by atoms with Crippen LogP contribution in [0.4, 0.5) is 0 Å². The van der Waals surface area contributed by atoms with E-state index in [1.807, 2.05) is 20.8 Å². The summed E-state index contributed by atoms with van der Waals surface area (Å²) in [5, 5.41) is 9.92. The summed E-state index contributed by atoms with van der Waals surface area (Å²) in [6, 6.07) is 0. The van der Waals surface area contributed by atoms with Gasteiger partial charge >= 0.3 is 11.9 Å². The topological polar surface area (TPSA) is 72.8 Å². The van der Waals surface area contributed by atoms with Crippen LogP contribution in [0.25, 0.3) is 0 Å². The van der Waals surface area contributed by atoms with Crippen molar-refractivity contribution >= 4 is 11.9 Å². The molecule has 0 aromatic carbocycles. The molecule has 0 spiro atoms. The molecule has 1 unspecified atom stereocenters. The largest absolute Gasteiger partial charge is 0.462 e. The first kappa shape index (κ1) is 23.1. The van der Waals surface area contributed by atoms with Gasteiger partial charge in [0.05, 0.1) is 17.9 Å². The highest BCUT2D eigenvalue weighted by Gasteiger charge is 2.43. The molecule has 1 saturated heterocycles. The van der Waals surface area contributed by atoms with Crippen molar-refractivity contribution in [3.63, 3.8) is 0 Å². The Hall–Kier alpha value is -1.62. The third-order valence-corrected chi connectivity index (χ3v) is 7.35. The lowest BCUT2D eigenvalue weighted by atomic mass is 9.65. The van der Waals surface area contributed by atoms with Gasteiger partial charge in [0, 0.05) is 12.3 Å². The van der Waals surface area contributed by atoms with Gasteiger partial charge in [-0.1, -0.05) is 39.0 Å². The Morgan fingerprint density at radius 3 is 2.67 bits per heavy atom. The smallest absolute Gasteiger partial charge is 0.311 e. The lowest BCUT2D eigenvalue weighted by molar-refractivity contribution is -0.166. The number of cyclic esters (lactones) is 1. The summed E-state index contributed by atoms with van der Waals surface area (Å²) in [7, 11) is 0. The molecule has 1 fully saturated rings. The van der Waals surface area contributed by atoms with Crippen LogP contribution in [0.1, 0.15) is 73.1 Å². The van der Waals surface area contributed by atoms with Gasteiger partial charge in [-0.2, -0.15) is 0 Å². The fraction of sp³-hybridized carbons (Fsp3) is 0.760. The second-order valence-corrected chi connectivity index (χ2v) is 10.3. The molecular formula is C25H38O5. The Bertz CT molecular complexity index is 706. The standard InChI is InChI=1S/C25H38O5/c1-6-25(4,5)24(28)30-21-12-15(2)11-17-8-7-16(3)20(23(17)21)10-9-19-13-18(26)14-22(27)29-19/h7-8,11,15-16,18-21,23,26H,6,9-10,12-14H2,1-5H3/t15-,16-,18+,19?,20-,21-,23-/m0/s1. The van der Waals surface area contributed by atoms with Crippen LogP contribution >= 0.6 is 0 Å². The summed E-state index contributed by atoms with van der Waals surface area (Å²) in [6.45, 7) is 10.3. The zero-order valence-corrected chi connectivity index (χ0v) is 19.1. The highest BCUT2D eigenvalue weighted by molar-refractivity contribution is 5.76. The normalized spacial score (nSPS) is 36.5. The zero-order chi connectivity index (χ0) is 22.1. The molecule has 5 nitrogen and oxygen atoms in total. The predicted octanol–water partition coefficient (Wildman–Crippen LogP) is 4.59. The first-order valence-corrected chi connectivity index (χ1v) is 11.6. The Morgan fingerprint density at radius 1 is 1.27 bits per heavy atom. The van der Waals surface area contributed by atoms with Crippen molar-refractivity contribution in [2.45, 2.75) is 91.5 Å². The van der Waals surface area contributed by atoms with Crippen LogP contribution in [0.3, 0.4) is 0 Å². The number of ether oxygens (including phenoxy) is 2. The number of rotatable bonds is 6. The van der Waals surface area contributed by atoms with Crippen LogP contribution in [0.15, 0.2) is 23.8 Å². The molecule has 7 atom stereocenters. The fourth-order valence-corrected chi connectivity index (χ4v) is 5.08. The van der Waals surface area contributed by atoms with Crippen molar-refractivity contribution in [2.75, 3.05) is 0 Å². The van der Waals surface area contributed by atoms with E-state index >= 15 is 0 Å². The predicted molar refractivity (Wildman–Crippen MR) is 115 cm³/mol. The maximum atomic E-state index is 12.9. The van der Waals surface area contributed by atoms with E-state index in [9.17, 15) is 14.7 Å². The average molecular weight is 419 g/mol. The van der Waals surface area contributed by atoms with Gasteiger partial charge in [-0.3, -0.25) is 9.59 Å². The summed E-state index contributed by atoms with van der Waals surface area (Å²) >= 11 is 0. The lowest BCUT2D eigenvalue weighted by Crippen LogP contribution is -2.43. The van der Waals surface area contributed by atoms with E-state index in [4.69, 9.17) is 9.47 Å². The minimum absolute atomic E-state index is 0.0949. The van der Waals surface area contributed by atoms with Crippen molar-refractivity contribution in [2.24, 2.45) is 29.1 Å². The highest BCUT2D eigenvalue weighted by Crippen LogP contribution is 2.45. The van der Waals surface area contributed by atoms with E-state index in [0.717, 1.165) is 25.7 Å². The molecule has 168 valence electrons. The highest BCUT2D eigenvalue weighted by atomic mass is 16.6. The van der Waals surface area contributed by atoms with Crippen LogP contribution in [0.5, 0.6) is 0 Å². The van der Waals surface area contributed by atoms with Crippen LogP contribution in [-0.2, 0) is 19.1 Å². The number of fused-ring (bicyclic) bond motifs is 1.